The summed E-state index contributed by atoms with van der Waals surface area (Å²) in [4.78, 5) is 29.5. The molecular formula is C21H15BrFN3O2S. The Kier molecular flexibility index (Phi) is 5.29. The number of nitrogens with zero attached hydrogens (tertiary/aromatic N) is 2. The van der Waals surface area contributed by atoms with Crippen molar-refractivity contribution in [2.75, 3.05) is 5.32 Å². The normalized spacial score (nSPS) is 11.0. The fraction of sp³-hybridized carbons (Fsp3) is 0.0952. The monoisotopic (exact) mass is 471 g/mol. The summed E-state index contributed by atoms with van der Waals surface area (Å²) >= 11 is 4.46. The van der Waals surface area contributed by atoms with E-state index in [9.17, 15) is 14.0 Å². The number of anilines is 1. The van der Waals surface area contributed by atoms with Crippen LogP contribution < -0.4 is 10.9 Å². The molecule has 4 aromatic rings. The van der Waals surface area contributed by atoms with E-state index >= 15 is 0 Å². The second kappa shape index (κ2) is 7.88. The largest absolute Gasteiger partial charge is 0.322 e. The summed E-state index contributed by atoms with van der Waals surface area (Å²) in [5.41, 5.74) is 3.38. The highest BCUT2D eigenvalue weighted by atomic mass is 79.9. The average Bonchev–Trinajstić information content (AvgIpc) is 3.12. The van der Waals surface area contributed by atoms with Crippen molar-refractivity contribution in [3.05, 3.63) is 80.4 Å². The average molecular weight is 472 g/mol. The maximum Gasteiger partial charge on any atom is 0.271 e. The second-order valence-corrected chi connectivity index (χ2v) is 8.34. The van der Waals surface area contributed by atoms with Crippen LogP contribution in [0.4, 0.5) is 10.1 Å². The molecule has 0 atom stereocenters. The maximum absolute atomic E-state index is 13.9. The van der Waals surface area contributed by atoms with Crippen LogP contribution in [0, 0.1) is 12.7 Å². The molecule has 0 aliphatic heterocycles. The standard InChI is InChI=1S/C21H15BrFN3O2S/c1-12-2-4-13(5-3-12)15-10-29-20-19(15)24-11-26(21(20)28)9-18(27)25-17-7-6-14(22)8-16(17)23/h2-8,10-11H,9H2,1H3,(H,25,27). The van der Waals surface area contributed by atoms with Gasteiger partial charge in [-0.05, 0) is 30.7 Å². The smallest absolute Gasteiger partial charge is 0.271 e. The number of halogens is 2. The van der Waals surface area contributed by atoms with Crippen LogP contribution in [0.2, 0.25) is 0 Å². The first-order chi connectivity index (χ1) is 13.9. The van der Waals surface area contributed by atoms with Crippen LogP contribution in [-0.4, -0.2) is 15.5 Å². The van der Waals surface area contributed by atoms with Gasteiger partial charge in [0.15, 0.2) is 0 Å². The van der Waals surface area contributed by atoms with Gasteiger partial charge in [-0.15, -0.1) is 11.3 Å². The molecule has 0 saturated carbocycles. The van der Waals surface area contributed by atoms with Gasteiger partial charge in [-0.3, -0.25) is 14.2 Å². The van der Waals surface area contributed by atoms with E-state index in [0.717, 1.165) is 16.7 Å². The number of nitrogens with one attached hydrogen (secondary N) is 1. The predicted octanol–water partition coefficient (Wildman–Crippen LogP) is 4.97. The van der Waals surface area contributed by atoms with Crippen LogP contribution in [0.5, 0.6) is 0 Å². The Bertz CT molecular complexity index is 1280. The summed E-state index contributed by atoms with van der Waals surface area (Å²) in [6.45, 7) is 1.76. The van der Waals surface area contributed by atoms with Gasteiger partial charge in [-0.25, -0.2) is 9.37 Å². The number of rotatable bonds is 4. The molecule has 0 aliphatic rings. The Morgan fingerprint density at radius 3 is 2.72 bits per heavy atom. The van der Waals surface area contributed by atoms with Crippen molar-refractivity contribution in [1.82, 2.24) is 9.55 Å². The summed E-state index contributed by atoms with van der Waals surface area (Å²) in [6.07, 6.45) is 1.35. The maximum atomic E-state index is 13.9. The van der Waals surface area contributed by atoms with E-state index in [-0.39, 0.29) is 17.8 Å². The Labute approximate surface area is 178 Å². The molecule has 0 spiro atoms. The SMILES string of the molecule is Cc1ccc(-c2csc3c(=O)n(CC(=O)Nc4ccc(Br)cc4F)cnc23)cc1. The molecule has 1 N–H and O–H groups in total. The van der Waals surface area contributed by atoms with Gasteiger partial charge in [-0.1, -0.05) is 45.8 Å². The number of amides is 1. The van der Waals surface area contributed by atoms with Crippen LogP contribution in [0.25, 0.3) is 21.3 Å². The van der Waals surface area contributed by atoms with Crippen LogP contribution in [0.1, 0.15) is 5.56 Å². The lowest BCUT2D eigenvalue weighted by Crippen LogP contribution is -2.27. The lowest BCUT2D eigenvalue weighted by atomic mass is 10.1. The molecule has 0 fully saturated rings. The molecule has 2 aromatic carbocycles. The van der Waals surface area contributed by atoms with E-state index in [1.54, 1.807) is 6.07 Å². The third-order valence-corrected chi connectivity index (χ3v) is 5.88. The number of aromatic nitrogens is 2. The van der Waals surface area contributed by atoms with Crippen LogP contribution in [-0.2, 0) is 11.3 Å². The van der Waals surface area contributed by atoms with Gasteiger partial charge in [0.1, 0.15) is 17.1 Å². The molecule has 8 heteroatoms. The highest BCUT2D eigenvalue weighted by molar-refractivity contribution is 9.10. The van der Waals surface area contributed by atoms with Gasteiger partial charge in [0, 0.05) is 15.4 Å². The van der Waals surface area contributed by atoms with Crippen molar-refractivity contribution in [2.24, 2.45) is 0 Å². The van der Waals surface area contributed by atoms with Crippen molar-refractivity contribution in [2.45, 2.75) is 13.5 Å². The summed E-state index contributed by atoms with van der Waals surface area (Å²) in [6, 6.07) is 12.3. The van der Waals surface area contributed by atoms with E-state index in [1.165, 1.54) is 34.4 Å². The van der Waals surface area contributed by atoms with E-state index < -0.39 is 11.7 Å². The minimum atomic E-state index is -0.561. The van der Waals surface area contributed by atoms with Gasteiger partial charge < -0.3 is 5.32 Å². The Balaban J connectivity index is 1.60. The predicted molar refractivity (Wildman–Crippen MR) is 117 cm³/mol. The third-order valence-electron chi connectivity index (χ3n) is 4.43. The molecule has 2 aromatic heterocycles. The number of thiophene rings is 1. The van der Waals surface area contributed by atoms with Gasteiger partial charge in [0.05, 0.1) is 17.5 Å². The zero-order valence-corrected chi connectivity index (χ0v) is 17.7. The molecule has 0 radical (unpaired) electrons. The minimum Gasteiger partial charge on any atom is -0.322 e. The Morgan fingerprint density at radius 1 is 1.24 bits per heavy atom. The number of hydrogen-bond donors (Lipinski definition) is 1. The lowest BCUT2D eigenvalue weighted by Gasteiger charge is -2.08. The summed E-state index contributed by atoms with van der Waals surface area (Å²) in [7, 11) is 0. The molecule has 2 heterocycles. The van der Waals surface area contributed by atoms with Crippen molar-refractivity contribution in [3.63, 3.8) is 0 Å². The van der Waals surface area contributed by atoms with Gasteiger partial charge in [0.2, 0.25) is 5.91 Å². The topological polar surface area (TPSA) is 64.0 Å². The van der Waals surface area contributed by atoms with Gasteiger partial charge >= 0.3 is 0 Å². The van der Waals surface area contributed by atoms with Gasteiger partial charge in [-0.2, -0.15) is 0 Å². The van der Waals surface area contributed by atoms with Crippen LogP contribution >= 0.6 is 27.3 Å². The van der Waals surface area contributed by atoms with Crippen molar-refractivity contribution in [1.29, 1.82) is 0 Å². The Hall–Kier alpha value is -2.84. The minimum absolute atomic E-state index is 0.0538. The number of benzene rings is 2. The molecule has 29 heavy (non-hydrogen) atoms. The van der Waals surface area contributed by atoms with Crippen molar-refractivity contribution >= 4 is 49.1 Å². The highest BCUT2D eigenvalue weighted by Crippen LogP contribution is 2.30. The number of carbonyl (C=O) groups is 1. The number of aryl methyl sites for hydroxylation is 1. The Morgan fingerprint density at radius 2 is 2.00 bits per heavy atom. The van der Waals surface area contributed by atoms with Crippen LogP contribution in [0.3, 0.4) is 0 Å². The zero-order chi connectivity index (χ0) is 20.5. The quantitative estimate of drug-likeness (QED) is 0.456. The molecule has 0 saturated heterocycles. The molecular weight excluding hydrogens is 457 g/mol. The lowest BCUT2D eigenvalue weighted by molar-refractivity contribution is -0.116. The highest BCUT2D eigenvalue weighted by Gasteiger charge is 2.15. The zero-order valence-electron chi connectivity index (χ0n) is 15.3. The first-order valence-electron chi connectivity index (χ1n) is 8.71. The molecule has 1 amide bonds. The van der Waals surface area contributed by atoms with E-state index in [0.29, 0.717) is 14.7 Å². The van der Waals surface area contributed by atoms with E-state index in [1.807, 2.05) is 36.6 Å². The number of fused-ring (bicyclic) bond motifs is 1. The number of hydrogen-bond acceptors (Lipinski definition) is 4. The number of carbonyl (C=O) groups excluding carboxylic acids is 1. The molecule has 0 aliphatic carbocycles. The summed E-state index contributed by atoms with van der Waals surface area (Å²) in [5.74, 6) is -1.07. The van der Waals surface area contributed by atoms with Crippen LogP contribution in [0.15, 0.2) is 63.4 Å². The van der Waals surface area contributed by atoms with E-state index in [4.69, 9.17) is 0 Å². The second-order valence-electron chi connectivity index (χ2n) is 6.54. The molecule has 4 rings (SSSR count). The third kappa shape index (κ3) is 3.99. The molecule has 0 bridgehead atoms. The van der Waals surface area contributed by atoms with E-state index in [2.05, 4.69) is 26.2 Å². The fourth-order valence-corrected chi connectivity index (χ4v) is 4.24. The summed E-state index contributed by atoms with van der Waals surface area (Å²) < 4.78 is 16.2. The molecule has 146 valence electrons. The van der Waals surface area contributed by atoms with Crippen molar-refractivity contribution in [3.8, 4) is 11.1 Å². The van der Waals surface area contributed by atoms with Crippen molar-refractivity contribution < 1.29 is 9.18 Å². The molecule has 5 nitrogen and oxygen atoms in total. The first-order valence-corrected chi connectivity index (χ1v) is 10.4. The first kappa shape index (κ1) is 19.5. The van der Waals surface area contributed by atoms with Gasteiger partial charge in [0.25, 0.3) is 5.56 Å². The molecule has 0 unspecified atom stereocenters. The summed E-state index contributed by atoms with van der Waals surface area (Å²) in [5, 5.41) is 4.37. The fourth-order valence-electron chi connectivity index (χ4n) is 2.93.